The van der Waals surface area contributed by atoms with Gasteiger partial charge in [-0.05, 0) is 25.1 Å². The summed E-state index contributed by atoms with van der Waals surface area (Å²) in [6.45, 7) is 2.45. The zero-order valence-electron chi connectivity index (χ0n) is 15.9. The SMILES string of the molecule is CCOc1ccccc1NC(=O)CSc1nccn2nc(-c3ccccc3)cc12. The van der Waals surface area contributed by atoms with Crippen molar-refractivity contribution in [2.75, 3.05) is 17.7 Å². The van der Waals surface area contributed by atoms with Crippen LogP contribution < -0.4 is 10.1 Å². The molecule has 0 unspecified atom stereocenters. The first-order valence-electron chi connectivity index (χ1n) is 9.29. The number of anilines is 1. The third-order valence-electron chi connectivity index (χ3n) is 4.23. The molecule has 0 saturated carbocycles. The van der Waals surface area contributed by atoms with Crippen molar-refractivity contribution in [1.29, 1.82) is 0 Å². The average Bonchev–Trinajstić information content (AvgIpc) is 3.19. The highest BCUT2D eigenvalue weighted by Crippen LogP contribution is 2.27. The molecule has 4 aromatic rings. The highest BCUT2D eigenvalue weighted by molar-refractivity contribution is 8.00. The van der Waals surface area contributed by atoms with Crippen molar-refractivity contribution in [2.24, 2.45) is 0 Å². The zero-order valence-corrected chi connectivity index (χ0v) is 16.7. The maximum atomic E-state index is 12.5. The van der Waals surface area contributed by atoms with Gasteiger partial charge in [0.1, 0.15) is 10.8 Å². The van der Waals surface area contributed by atoms with Crippen LogP contribution in [0.2, 0.25) is 0 Å². The Morgan fingerprint density at radius 3 is 2.76 bits per heavy atom. The molecule has 1 amide bonds. The minimum Gasteiger partial charge on any atom is -0.492 e. The molecule has 29 heavy (non-hydrogen) atoms. The number of nitrogens with one attached hydrogen (secondary N) is 1. The van der Waals surface area contributed by atoms with Crippen LogP contribution in [0.4, 0.5) is 5.69 Å². The van der Waals surface area contributed by atoms with Crippen molar-refractivity contribution in [2.45, 2.75) is 11.9 Å². The van der Waals surface area contributed by atoms with Gasteiger partial charge in [0.05, 0.1) is 29.3 Å². The fraction of sp³-hybridized carbons (Fsp3) is 0.136. The zero-order chi connectivity index (χ0) is 20.1. The standard InChI is InChI=1S/C22H20N4O2S/c1-2-28-20-11-7-6-10-17(20)24-21(27)15-29-22-19-14-18(16-8-4-3-5-9-16)25-26(19)13-12-23-22/h3-14H,2,15H2,1H3,(H,24,27). The first-order chi connectivity index (χ1) is 14.2. The van der Waals surface area contributed by atoms with Gasteiger partial charge < -0.3 is 10.1 Å². The Bertz CT molecular complexity index is 1130. The number of carbonyl (C=O) groups excluding carboxylic acids is 1. The summed E-state index contributed by atoms with van der Waals surface area (Å²) in [6.07, 6.45) is 3.50. The van der Waals surface area contributed by atoms with Crippen LogP contribution in [0.15, 0.2) is 78.1 Å². The molecule has 0 spiro atoms. The summed E-state index contributed by atoms with van der Waals surface area (Å²) in [4.78, 5) is 16.9. The summed E-state index contributed by atoms with van der Waals surface area (Å²) in [7, 11) is 0. The Balaban J connectivity index is 1.48. The number of hydrogen-bond acceptors (Lipinski definition) is 5. The first kappa shape index (κ1) is 19.0. The van der Waals surface area contributed by atoms with Crippen LogP contribution >= 0.6 is 11.8 Å². The van der Waals surface area contributed by atoms with E-state index in [0.717, 1.165) is 21.8 Å². The molecule has 1 N–H and O–H groups in total. The van der Waals surface area contributed by atoms with E-state index < -0.39 is 0 Å². The minimum absolute atomic E-state index is 0.117. The lowest BCUT2D eigenvalue weighted by atomic mass is 10.1. The lowest BCUT2D eigenvalue weighted by Gasteiger charge is -2.11. The molecule has 0 saturated heterocycles. The maximum absolute atomic E-state index is 12.5. The molecular weight excluding hydrogens is 384 g/mol. The lowest BCUT2D eigenvalue weighted by Crippen LogP contribution is -2.15. The van der Waals surface area contributed by atoms with E-state index in [-0.39, 0.29) is 11.7 Å². The Kier molecular flexibility index (Phi) is 5.76. The van der Waals surface area contributed by atoms with Gasteiger partial charge in [-0.15, -0.1) is 0 Å². The van der Waals surface area contributed by atoms with Crippen molar-refractivity contribution in [1.82, 2.24) is 14.6 Å². The molecule has 0 fully saturated rings. The van der Waals surface area contributed by atoms with Crippen LogP contribution in [0.25, 0.3) is 16.8 Å². The highest BCUT2D eigenvalue weighted by atomic mass is 32.2. The molecule has 0 aliphatic heterocycles. The molecule has 2 heterocycles. The molecule has 0 bridgehead atoms. The van der Waals surface area contributed by atoms with Gasteiger partial charge in [0.25, 0.3) is 0 Å². The second-order valence-corrected chi connectivity index (χ2v) is 7.19. The summed E-state index contributed by atoms with van der Waals surface area (Å²) in [5.74, 6) is 0.782. The summed E-state index contributed by atoms with van der Waals surface area (Å²) in [5, 5.41) is 8.29. The molecule has 146 valence electrons. The number of aromatic nitrogens is 3. The summed E-state index contributed by atoms with van der Waals surface area (Å²) in [5.41, 5.74) is 3.45. The van der Waals surface area contributed by atoms with Crippen LogP contribution in [-0.4, -0.2) is 32.9 Å². The monoisotopic (exact) mass is 404 g/mol. The molecule has 2 aromatic carbocycles. The minimum atomic E-state index is -0.117. The smallest absolute Gasteiger partial charge is 0.234 e. The molecule has 4 rings (SSSR count). The van der Waals surface area contributed by atoms with E-state index in [1.807, 2.05) is 73.8 Å². The molecule has 0 aliphatic carbocycles. The van der Waals surface area contributed by atoms with Gasteiger partial charge in [-0.3, -0.25) is 4.79 Å². The largest absolute Gasteiger partial charge is 0.492 e. The third-order valence-corrected chi connectivity index (χ3v) is 5.22. The molecule has 0 atom stereocenters. The number of ether oxygens (including phenoxy) is 1. The van der Waals surface area contributed by atoms with E-state index in [2.05, 4.69) is 15.4 Å². The van der Waals surface area contributed by atoms with Crippen molar-refractivity contribution in [3.8, 4) is 17.0 Å². The van der Waals surface area contributed by atoms with Crippen molar-refractivity contribution >= 4 is 28.9 Å². The van der Waals surface area contributed by atoms with E-state index in [1.54, 1.807) is 10.7 Å². The van der Waals surface area contributed by atoms with E-state index in [9.17, 15) is 4.79 Å². The van der Waals surface area contributed by atoms with Crippen LogP contribution in [-0.2, 0) is 4.79 Å². The van der Waals surface area contributed by atoms with Crippen LogP contribution in [0, 0.1) is 0 Å². The second-order valence-electron chi connectivity index (χ2n) is 6.22. The number of para-hydroxylation sites is 2. The van der Waals surface area contributed by atoms with Gasteiger partial charge >= 0.3 is 0 Å². The molecule has 0 aliphatic rings. The summed E-state index contributed by atoms with van der Waals surface area (Å²) < 4.78 is 7.35. The van der Waals surface area contributed by atoms with E-state index in [0.29, 0.717) is 18.0 Å². The van der Waals surface area contributed by atoms with E-state index in [1.165, 1.54) is 11.8 Å². The fourth-order valence-electron chi connectivity index (χ4n) is 2.93. The number of thioether (sulfide) groups is 1. The van der Waals surface area contributed by atoms with Gasteiger partial charge in [-0.2, -0.15) is 5.10 Å². The van der Waals surface area contributed by atoms with Crippen molar-refractivity contribution in [3.05, 3.63) is 73.1 Å². The van der Waals surface area contributed by atoms with Crippen LogP contribution in [0.1, 0.15) is 6.92 Å². The van der Waals surface area contributed by atoms with E-state index in [4.69, 9.17) is 4.74 Å². The van der Waals surface area contributed by atoms with Gasteiger partial charge in [-0.25, -0.2) is 9.50 Å². The number of benzene rings is 2. The topological polar surface area (TPSA) is 68.5 Å². The van der Waals surface area contributed by atoms with Gasteiger partial charge in [0.15, 0.2) is 0 Å². The first-order valence-corrected chi connectivity index (χ1v) is 10.3. The Hall–Kier alpha value is -3.32. The van der Waals surface area contributed by atoms with Crippen LogP contribution in [0.3, 0.4) is 0 Å². The summed E-state index contributed by atoms with van der Waals surface area (Å²) in [6, 6.07) is 19.4. The molecular formula is C22H20N4O2S. The highest BCUT2D eigenvalue weighted by Gasteiger charge is 2.12. The normalized spacial score (nSPS) is 10.8. The molecule has 2 aromatic heterocycles. The maximum Gasteiger partial charge on any atom is 0.234 e. The number of rotatable bonds is 7. The predicted molar refractivity (Wildman–Crippen MR) is 115 cm³/mol. The lowest BCUT2D eigenvalue weighted by molar-refractivity contribution is -0.113. The van der Waals surface area contributed by atoms with Gasteiger partial charge in [-0.1, -0.05) is 54.2 Å². The van der Waals surface area contributed by atoms with Crippen LogP contribution in [0.5, 0.6) is 5.75 Å². The Morgan fingerprint density at radius 2 is 1.93 bits per heavy atom. The number of nitrogens with zero attached hydrogens (tertiary/aromatic N) is 3. The van der Waals surface area contributed by atoms with Gasteiger partial charge in [0.2, 0.25) is 5.91 Å². The molecule has 6 nitrogen and oxygen atoms in total. The van der Waals surface area contributed by atoms with Crippen molar-refractivity contribution < 1.29 is 9.53 Å². The third kappa shape index (κ3) is 4.41. The molecule has 0 radical (unpaired) electrons. The number of amides is 1. The Morgan fingerprint density at radius 1 is 1.14 bits per heavy atom. The van der Waals surface area contributed by atoms with Crippen molar-refractivity contribution in [3.63, 3.8) is 0 Å². The van der Waals surface area contributed by atoms with Gasteiger partial charge in [0, 0.05) is 18.0 Å². The number of fused-ring (bicyclic) bond motifs is 1. The average molecular weight is 404 g/mol. The quantitative estimate of drug-likeness (QED) is 0.459. The summed E-state index contributed by atoms with van der Waals surface area (Å²) >= 11 is 1.38. The Labute approximate surface area is 172 Å². The second kappa shape index (κ2) is 8.79. The number of hydrogen-bond donors (Lipinski definition) is 1. The molecule has 7 heteroatoms. The number of carbonyl (C=O) groups is 1. The predicted octanol–water partition coefficient (Wildman–Crippen LogP) is 4.53. The van der Waals surface area contributed by atoms with E-state index >= 15 is 0 Å². The fourth-order valence-corrected chi connectivity index (χ4v) is 3.71.